The minimum atomic E-state index is -0.463. The van der Waals surface area contributed by atoms with E-state index in [2.05, 4.69) is 9.97 Å². The molecule has 0 N–H and O–H groups in total. The van der Waals surface area contributed by atoms with Crippen LogP contribution in [0, 0.1) is 5.82 Å². The smallest absolute Gasteiger partial charge is 0.341 e. The van der Waals surface area contributed by atoms with Crippen molar-refractivity contribution in [2.75, 3.05) is 24.6 Å². The molecule has 0 bridgehead atoms. The second-order valence-electron chi connectivity index (χ2n) is 6.56. The Morgan fingerprint density at radius 2 is 2.11 bits per heavy atom. The molecule has 0 amide bonds. The fourth-order valence-corrected chi connectivity index (χ4v) is 3.49. The summed E-state index contributed by atoms with van der Waals surface area (Å²) in [5.41, 5.74) is 1.61. The van der Waals surface area contributed by atoms with Crippen molar-refractivity contribution in [1.29, 1.82) is 0 Å². The average molecular weight is 381 g/mol. The molecule has 1 aromatic carbocycles. The van der Waals surface area contributed by atoms with E-state index in [9.17, 15) is 9.18 Å². The van der Waals surface area contributed by atoms with Gasteiger partial charge in [-0.3, -0.25) is 9.97 Å². The Morgan fingerprint density at radius 1 is 1.29 bits per heavy atom. The SMILES string of the molecule is CCOC(=O)c1cnc2ccc(F)cc2c1N1CCC(Oc2ccncc2)C1. The van der Waals surface area contributed by atoms with Crippen LogP contribution in [0.25, 0.3) is 10.9 Å². The number of carbonyl (C=O) groups is 1. The van der Waals surface area contributed by atoms with Crippen molar-refractivity contribution in [2.24, 2.45) is 0 Å². The van der Waals surface area contributed by atoms with Crippen molar-refractivity contribution in [3.05, 3.63) is 60.3 Å². The number of ether oxygens (including phenoxy) is 2. The van der Waals surface area contributed by atoms with Crippen molar-refractivity contribution < 1.29 is 18.7 Å². The highest BCUT2D eigenvalue weighted by Crippen LogP contribution is 2.34. The number of hydrogen-bond acceptors (Lipinski definition) is 6. The van der Waals surface area contributed by atoms with Gasteiger partial charge in [-0.1, -0.05) is 0 Å². The lowest BCUT2D eigenvalue weighted by molar-refractivity contribution is 0.0526. The maximum Gasteiger partial charge on any atom is 0.341 e. The number of esters is 1. The molecule has 1 unspecified atom stereocenters. The maximum atomic E-state index is 14.0. The van der Waals surface area contributed by atoms with Gasteiger partial charge < -0.3 is 14.4 Å². The number of anilines is 1. The molecule has 1 atom stereocenters. The van der Waals surface area contributed by atoms with Gasteiger partial charge in [0.15, 0.2) is 0 Å². The quantitative estimate of drug-likeness (QED) is 0.629. The van der Waals surface area contributed by atoms with Crippen molar-refractivity contribution in [2.45, 2.75) is 19.4 Å². The molecule has 3 aromatic rings. The molecule has 1 saturated heterocycles. The number of nitrogens with zero attached hydrogens (tertiary/aromatic N) is 3. The van der Waals surface area contributed by atoms with Crippen LogP contribution in [0.1, 0.15) is 23.7 Å². The molecule has 3 heterocycles. The Hall–Kier alpha value is -3.22. The number of hydrogen-bond donors (Lipinski definition) is 0. The lowest BCUT2D eigenvalue weighted by Gasteiger charge is -2.23. The minimum absolute atomic E-state index is 0.0470. The summed E-state index contributed by atoms with van der Waals surface area (Å²) in [6.45, 7) is 3.26. The molecular weight excluding hydrogens is 361 g/mol. The second-order valence-corrected chi connectivity index (χ2v) is 6.56. The number of halogens is 1. The van der Waals surface area contributed by atoms with Crippen LogP contribution in [0.3, 0.4) is 0 Å². The fraction of sp³-hybridized carbons (Fsp3) is 0.286. The number of fused-ring (bicyclic) bond motifs is 1. The molecule has 144 valence electrons. The normalized spacial score (nSPS) is 16.4. The van der Waals surface area contributed by atoms with Crippen LogP contribution in [-0.4, -0.2) is 41.7 Å². The summed E-state index contributed by atoms with van der Waals surface area (Å²) in [7, 11) is 0. The van der Waals surface area contributed by atoms with Crippen LogP contribution in [0.5, 0.6) is 5.75 Å². The first-order valence-electron chi connectivity index (χ1n) is 9.22. The largest absolute Gasteiger partial charge is 0.488 e. The maximum absolute atomic E-state index is 14.0. The predicted molar refractivity (Wildman–Crippen MR) is 103 cm³/mol. The van der Waals surface area contributed by atoms with Gasteiger partial charge in [0.2, 0.25) is 0 Å². The van der Waals surface area contributed by atoms with E-state index in [1.165, 1.54) is 18.3 Å². The summed E-state index contributed by atoms with van der Waals surface area (Å²) in [4.78, 5) is 22.8. The molecule has 0 radical (unpaired) electrons. The molecule has 2 aromatic heterocycles. The highest BCUT2D eigenvalue weighted by atomic mass is 19.1. The van der Waals surface area contributed by atoms with Gasteiger partial charge >= 0.3 is 5.97 Å². The standard InChI is InChI=1S/C21H20FN3O3/c1-2-27-21(26)18-12-24-19-4-3-14(22)11-17(19)20(18)25-10-7-16(13-25)28-15-5-8-23-9-6-15/h3-6,8-9,11-12,16H,2,7,10,13H2,1H3. The van der Waals surface area contributed by atoms with Crippen molar-refractivity contribution >= 4 is 22.6 Å². The van der Waals surface area contributed by atoms with Gasteiger partial charge in [-0.15, -0.1) is 0 Å². The third-order valence-electron chi connectivity index (χ3n) is 4.71. The lowest BCUT2D eigenvalue weighted by Crippen LogP contribution is -2.26. The van der Waals surface area contributed by atoms with Gasteiger partial charge in [-0.25, -0.2) is 9.18 Å². The molecule has 1 aliphatic heterocycles. The summed E-state index contributed by atoms with van der Waals surface area (Å²) in [5, 5.41) is 0.593. The summed E-state index contributed by atoms with van der Waals surface area (Å²) < 4.78 is 25.2. The molecule has 0 saturated carbocycles. The zero-order chi connectivity index (χ0) is 19.5. The molecule has 0 spiro atoms. The van der Waals surface area contributed by atoms with Crippen LogP contribution < -0.4 is 9.64 Å². The molecule has 0 aliphatic carbocycles. The van der Waals surface area contributed by atoms with Gasteiger partial charge in [0.05, 0.1) is 24.4 Å². The van der Waals surface area contributed by atoms with Crippen LogP contribution in [0.15, 0.2) is 48.9 Å². The summed E-state index contributed by atoms with van der Waals surface area (Å²) in [6.07, 6.45) is 5.60. The molecular formula is C21H20FN3O3. The van der Waals surface area contributed by atoms with E-state index < -0.39 is 5.97 Å². The molecule has 7 heteroatoms. The monoisotopic (exact) mass is 381 g/mol. The zero-order valence-corrected chi connectivity index (χ0v) is 15.5. The highest BCUT2D eigenvalue weighted by Gasteiger charge is 2.29. The number of aromatic nitrogens is 2. The van der Waals surface area contributed by atoms with E-state index in [0.717, 1.165) is 12.2 Å². The van der Waals surface area contributed by atoms with Crippen LogP contribution in [-0.2, 0) is 4.74 Å². The van der Waals surface area contributed by atoms with E-state index in [1.807, 2.05) is 17.0 Å². The Balaban J connectivity index is 1.69. The first-order valence-corrected chi connectivity index (χ1v) is 9.22. The third kappa shape index (κ3) is 3.60. The summed E-state index contributed by atoms with van der Waals surface area (Å²) >= 11 is 0. The van der Waals surface area contributed by atoms with Crippen molar-refractivity contribution in [1.82, 2.24) is 9.97 Å². The predicted octanol–water partition coefficient (Wildman–Crippen LogP) is 3.60. The van der Waals surface area contributed by atoms with Gasteiger partial charge in [-0.2, -0.15) is 0 Å². The molecule has 4 rings (SSSR count). The van der Waals surface area contributed by atoms with E-state index in [0.29, 0.717) is 35.2 Å². The first-order chi connectivity index (χ1) is 13.7. The topological polar surface area (TPSA) is 64.5 Å². The van der Waals surface area contributed by atoms with Gasteiger partial charge in [-0.05, 0) is 37.3 Å². The van der Waals surface area contributed by atoms with Crippen LogP contribution >= 0.6 is 0 Å². The van der Waals surface area contributed by atoms with E-state index >= 15 is 0 Å². The fourth-order valence-electron chi connectivity index (χ4n) is 3.49. The van der Waals surface area contributed by atoms with Gasteiger partial charge in [0, 0.05) is 36.9 Å². The van der Waals surface area contributed by atoms with Gasteiger partial charge in [0.1, 0.15) is 23.2 Å². The van der Waals surface area contributed by atoms with E-state index in [-0.39, 0.29) is 18.5 Å². The number of carbonyl (C=O) groups excluding carboxylic acids is 1. The Morgan fingerprint density at radius 3 is 2.89 bits per heavy atom. The minimum Gasteiger partial charge on any atom is -0.488 e. The summed E-state index contributed by atoms with van der Waals surface area (Å²) in [6, 6.07) is 8.01. The first kappa shape index (κ1) is 18.2. The third-order valence-corrected chi connectivity index (χ3v) is 4.71. The molecule has 28 heavy (non-hydrogen) atoms. The molecule has 6 nitrogen and oxygen atoms in total. The second kappa shape index (κ2) is 7.80. The Labute approximate surface area is 161 Å². The zero-order valence-electron chi connectivity index (χ0n) is 15.5. The molecule has 1 aliphatic rings. The number of rotatable bonds is 5. The highest BCUT2D eigenvalue weighted by molar-refractivity contribution is 6.05. The lowest BCUT2D eigenvalue weighted by atomic mass is 10.1. The van der Waals surface area contributed by atoms with Crippen molar-refractivity contribution in [3.8, 4) is 5.75 Å². The van der Waals surface area contributed by atoms with E-state index in [4.69, 9.17) is 9.47 Å². The van der Waals surface area contributed by atoms with Crippen LogP contribution in [0.2, 0.25) is 0 Å². The van der Waals surface area contributed by atoms with Crippen LogP contribution in [0.4, 0.5) is 10.1 Å². The van der Waals surface area contributed by atoms with E-state index in [1.54, 1.807) is 25.4 Å². The number of pyridine rings is 2. The van der Waals surface area contributed by atoms with Crippen molar-refractivity contribution in [3.63, 3.8) is 0 Å². The Kier molecular flexibility index (Phi) is 5.06. The summed E-state index contributed by atoms with van der Waals surface area (Å²) in [5.74, 6) is -0.0897. The average Bonchev–Trinajstić information content (AvgIpc) is 3.16. The Bertz CT molecular complexity index is 997. The van der Waals surface area contributed by atoms with Gasteiger partial charge in [0.25, 0.3) is 0 Å². The number of benzene rings is 1. The molecule has 1 fully saturated rings.